The molecule has 0 spiro atoms. The van der Waals surface area contributed by atoms with Crippen molar-refractivity contribution < 1.29 is 22.7 Å². The van der Waals surface area contributed by atoms with Crippen molar-refractivity contribution in [2.24, 2.45) is 12.1 Å². The normalized spacial score (nSPS) is 14.3. The van der Waals surface area contributed by atoms with Crippen LogP contribution in [-0.4, -0.2) is 29.4 Å². The van der Waals surface area contributed by atoms with Crippen LogP contribution in [-0.2, 0) is 16.6 Å². The number of hydrogen-bond donors (Lipinski definition) is 1. The van der Waals surface area contributed by atoms with Gasteiger partial charge in [0.25, 0.3) is 5.91 Å². The lowest BCUT2D eigenvalue weighted by molar-refractivity contribution is -0.185. The topological polar surface area (TPSA) is 55.6 Å². The number of rotatable bonds is 4. The van der Waals surface area contributed by atoms with Crippen LogP contribution in [0.4, 0.5) is 13.2 Å². The zero-order chi connectivity index (χ0) is 16.3. The summed E-state index contributed by atoms with van der Waals surface area (Å²) in [6.45, 7) is -0.236. The molecule has 1 heterocycles. The molecule has 5 nitrogen and oxygen atoms in total. The highest BCUT2D eigenvalue weighted by Gasteiger charge is 2.29. The van der Waals surface area contributed by atoms with E-state index in [2.05, 4.69) is 15.3 Å². The van der Waals surface area contributed by atoms with Gasteiger partial charge in [0.1, 0.15) is 12.7 Å². The van der Waals surface area contributed by atoms with Crippen molar-refractivity contribution in [3.8, 4) is 0 Å². The van der Waals surface area contributed by atoms with E-state index >= 15 is 0 Å². The Morgan fingerprint density at radius 2 is 2.14 bits per heavy atom. The number of para-hydroxylation sites is 1. The largest absolute Gasteiger partial charge is 0.411 e. The highest BCUT2D eigenvalue weighted by molar-refractivity contribution is 7.16. The summed E-state index contributed by atoms with van der Waals surface area (Å²) in [5.41, 5.74) is 3.17. The molecule has 120 valence electrons. The van der Waals surface area contributed by atoms with Gasteiger partial charge >= 0.3 is 6.18 Å². The molecular formula is C13H14F3N3O2S. The fraction of sp³-hybridized carbons (Fsp3) is 0.385. The fourth-order valence-electron chi connectivity index (χ4n) is 1.68. The van der Waals surface area contributed by atoms with Crippen molar-refractivity contribution in [1.82, 2.24) is 9.99 Å². The van der Waals surface area contributed by atoms with Crippen LogP contribution in [0.25, 0.3) is 10.2 Å². The molecule has 22 heavy (non-hydrogen) atoms. The number of thiazole rings is 1. The molecule has 0 aliphatic carbocycles. The van der Waals surface area contributed by atoms with Gasteiger partial charge in [0.2, 0.25) is 4.80 Å². The molecule has 0 bridgehead atoms. The van der Waals surface area contributed by atoms with Crippen LogP contribution in [0, 0.1) is 0 Å². The monoisotopic (exact) mass is 333 g/mol. The van der Waals surface area contributed by atoms with Crippen LogP contribution in [0.2, 0.25) is 0 Å². The van der Waals surface area contributed by atoms with Gasteiger partial charge in [-0.15, -0.1) is 5.10 Å². The van der Waals surface area contributed by atoms with Crippen molar-refractivity contribution in [2.75, 3.05) is 6.61 Å². The maximum atomic E-state index is 12.0. The van der Waals surface area contributed by atoms with Gasteiger partial charge < -0.3 is 9.30 Å². The number of carbonyl (C=O) groups is 1. The van der Waals surface area contributed by atoms with E-state index in [-0.39, 0.29) is 0 Å². The summed E-state index contributed by atoms with van der Waals surface area (Å²) in [7, 11) is 1.79. The van der Waals surface area contributed by atoms with Crippen molar-refractivity contribution in [3.63, 3.8) is 0 Å². The van der Waals surface area contributed by atoms with Crippen LogP contribution in [0.15, 0.2) is 29.4 Å². The molecule has 1 N–H and O–H groups in total. The van der Waals surface area contributed by atoms with Crippen molar-refractivity contribution >= 4 is 27.5 Å². The molecule has 1 amide bonds. The number of halogens is 3. The molecule has 2 rings (SSSR count). The third-order valence-corrected chi connectivity index (χ3v) is 3.96. The van der Waals surface area contributed by atoms with Crippen LogP contribution in [0.3, 0.4) is 0 Å². The minimum atomic E-state index is -4.47. The van der Waals surface area contributed by atoms with Gasteiger partial charge in [-0.3, -0.25) is 4.79 Å². The lowest BCUT2D eigenvalue weighted by Crippen LogP contribution is -2.35. The first-order chi connectivity index (χ1) is 10.3. The van der Waals surface area contributed by atoms with Gasteiger partial charge in [-0.2, -0.15) is 13.2 Å². The summed E-state index contributed by atoms with van der Waals surface area (Å²) < 4.78 is 43.3. The molecule has 1 atom stereocenters. The molecule has 0 radical (unpaired) electrons. The maximum Gasteiger partial charge on any atom is 0.411 e. The average molecular weight is 333 g/mol. The Labute approximate surface area is 128 Å². The van der Waals surface area contributed by atoms with Gasteiger partial charge in [0.15, 0.2) is 0 Å². The van der Waals surface area contributed by atoms with E-state index in [1.165, 1.54) is 18.3 Å². The molecule has 0 saturated carbocycles. The first-order valence-corrected chi connectivity index (χ1v) is 7.16. The lowest BCUT2D eigenvalue weighted by atomic mass is 10.3. The Kier molecular flexibility index (Phi) is 4.87. The molecule has 2 aromatic rings. The van der Waals surface area contributed by atoms with E-state index in [9.17, 15) is 18.0 Å². The quantitative estimate of drug-likeness (QED) is 0.872. The smallest absolute Gasteiger partial charge is 0.359 e. The molecule has 0 unspecified atom stereocenters. The summed E-state index contributed by atoms with van der Waals surface area (Å²) in [6.07, 6.45) is -5.71. The molecular weight excluding hydrogens is 319 g/mol. The first kappa shape index (κ1) is 16.5. The Bertz CT molecular complexity index is 736. The van der Waals surface area contributed by atoms with Crippen molar-refractivity contribution in [1.29, 1.82) is 0 Å². The highest BCUT2D eigenvalue weighted by Crippen LogP contribution is 2.16. The molecule has 0 saturated heterocycles. The van der Waals surface area contributed by atoms with Crippen LogP contribution < -0.4 is 10.2 Å². The van der Waals surface area contributed by atoms with E-state index in [0.29, 0.717) is 4.80 Å². The van der Waals surface area contributed by atoms with Crippen molar-refractivity contribution in [2.45, 2.75) is 19.2 Å². The van der Waals surface area contributed by atoms with E-state index in [1.807, 2.05) is 24.3 Å². The molecule has 1 aromatic carbocycles. The van der Waals surface area contributed by atoms with Gasteiger partial charge in [0.05, 0.1) is 10.2 Å². The summed E-state index contributed by atoms with van der Waals surface area (Å²) >= 11 is 1.36. The van der Waals surface area contributed by atoms with Crippen molar-refractivity contribution in [3.05, 3.63) is 29.1 Å². The fourth-order valence-corrected chi connectivity index (χ4v) is 2.66. The number of ether oxygens (including phenoxy) is 1. The summed E-state index contributed by atoms with van der Waals surface area (Å²) in [6, 6.07) is 7.58. The Hall–Kier alpha value is -1.87. The number of benzene rings is 1. The Morgan fingerprint density at radius 1 is 1.45 bits per heavy atom. The van der Waals surface area contributed by atoms with Crippen LogP contribution in [0.5, 0.6) is 0 Å². The number of fused-ring (bicyclic) bond motifs is 1. The minimum absolute atomic E-state index is 0.526. The predicted octanol–water partition coefficient (Wildman–Crippen LogP) is 2.14. The molecule has 1 aromatic heterocycles. The van der Waals surface area contributed by atoms with Gasteiger partial charge in [-0.05, 0) is 19.1 Å². The zero-order valence-electron chi connectivity index (χ0n) is 11.8. The van der Waals surface area contributed by atoms with Gasteiger partial charge in [-0.25, -0.2) is 5.43 Å². The zero-order valence-corrected chi connectivity index (χ0v) is 12.7. The number of nitrogens with one attached hydrogen (secondary N) is 1. The first-order valence-electron chi connectivity index (χ1n) is 6.34. The van der Waals surface area contributed by atoms with E-state index in [4.69, 9.17) is 0 Å². The standard InChI is InChI=1S/C13H14F3N3O2S/c1-8(21-7-13(14,15)16)11(20)17-18-12-19(2)9-5-3-4-6-10(9)22-12/h3-6,8H,7H2,1-2H3,(H,17,20)/t8-/m0/s1. The third kappa shape index (κ3) is 4.08. The van der Waals surface area contributed by atoms with E-state index in [1.54, 1.807) is 11.6 Å². The second kappa shape index (κ2) is 6.49. The molecule has 0 aliphatic heterocycles. The SMILES string of the molecule is C[C@H](OCC(F)(F)F)C(=O)NN=c1sc2ccccc2n1C. The predicted molar refractivity (Wildman–Crippen MR) is 76.0 cm³/mol. The van der Waals surface area contributed by atoms with Crippen LogP contribution >= 0.6 is 11.3 Å². The Balaban J connectivity index is 2.06. The van der Waals surface area contributed by atoms with Gasteiger partial charge in [0, 0.05) is 7.05 Å². The van der Waals surface area contributed by atoms with E-state index in [0.717, 1.165) is 10.2 Å². The van der Waals surface area contributed by atoms with E-state index < -0.39 is 24.8 Å². The molecule has 9 heteroatoms. The number of amides is 1. The molecule has 0 aliphatic rings. The maximum absolute atomic E-state index is 12.0. The average Bonchev–Trinajstić information content (AvgIpc) is 2.78. The lowest BCUT2D eigenvalue weighted by Gasteiger charge is -2.12. The summed E-state index contributed by atoms with van der Waals surface area (Å²) in [5, 5.41) is 3.93. The minimum Gasteiger partial charge on any atom is -0.359 e. The molecule has 0 fully saturated rings. The number of alkyl halides is 3. The second-order valence-electron chi connectivity index (χ2n) is 4.57. The number of aryl methyl sites for hydroxylation is 1. The van der Waals surface area contributed by atoms with Crippen LogP contribution in [0.1, 0.15) is 6.92 Å². The second-order valence-corrected chi connectivity index (χ2v) is 5.58. The highest BCUT2D eigenvalue weighted by atomic mass is 32.1. The number of hydrogen-bond acceptors (Lipinski definition) is 4. The summed E-state index contributed by atoms with van der Waals surface area (Å²) in [4.78, 5) is 12.2. The third-order valence-electron chi connectivity index (χ3n) is 2.84. The van der Waals surface area contributed by atoms with Gasteiger partial charge in [-0.1, -0.05) is 23.5 Å². The summed E-state index contributed by atoms with van der Waals surface area (Å²) in [5.74, 6) is -0.735. The Morgan fingerprint density at radius 3 is 2.77 bits per heavy atom. The number of carbonyl (C=O) groups excluding carboxylic acids is 1. The number of nitrogens with zero attached hydrogens (tertiary/aromatic N) is 2. The number of aromatic nitrogens is 1.